The first-order chi connectivity index (χ1) is 9.94. The van der Waals surface area contributed by atoms with E-state index < -0.39 is 10.0 Å². The smallest absolute Gasteiger partial charge is 0.241 e. The van der Waals surface area contributed by atoms with E-state index in [1.165, 1.54) is 6.07 Å². The molecule has 2 aromatic rings. The second-order valence-corrected chi connectivity index (χ2v) is 6.61. The standard InChI is InChI=1S/C15H18N2O3S/c1-11-7-14(10-18)8-15(12(11)2)21(19,20)17-9-13-3-5-16-6-4-13/h3-8,17-18H,9-10H2,1-2H3. The predicted octanol–water partition coefficient (Wildman–Crippen LogP) is 1.67. The lowest BCUT2D eigenvalue weighted by atomic mass is 10.1. The predicted molar refractivity (Wildman–Crippen MR) is 80.1 cm³/mol. The molecular formula is C15H18N2O3S. The zero-order valence-electron chi connectivity index (χ0n) is 12.0. The Bertz CT molecular complexity index is 728. The lowest BCUT2D eigenvalue weighted by Crippen LogP contribution is -2.24. The van der Waals surface area contributed by atoms with Gasteiger partial charge in [-0.25, -0.2) is 13.1 Å². The fourth-order valence-electron chi connectivity index (χ4n) is 2.03. The van der Waals surface area contributed by atoms with Crippen LogP contribution in [-0.4, -0.2) is 18.5 Å². The number of sulfonamides is 1. The Labute approximate surface area is 124 Å². The van der Waals surface area contributed by atoms with Crippen LogP contribution < -0.4 is 4.72 Å². The Balaban J connectivity index is 2.29. The van der Waals surface area contributed by atoms with Gasteiger partial charge in [0, 0.05) is 18.9 Å². The molecule has 0 aliphatic carbocycles. The maximum absolute atomic E-state index is 12.4. The van der Waals surface area contributed by atoms with Crippen molar-refractivity contribution in [3.8, 4) is 0 Å². The van der Waals surface area contributed by atoms with Crippen LogP contribution in [0, 0.1) is 13.8 Å². The van der Waals surface area contributed by atoms with Crippen LogP contribution in [0.3, 0.4) is 0 Å². The number of rotatable bonds is 5. The van der Waals surface area contributed by atoms with Crippen molar-refractivity contribution in [1.82, 2.24) is 9.71 Å². The number of aromatic nitrogens is 1. The van der Waals surface area contributed by atoms with Gasteiger partial charge in [0.25, 0.3) is 0 Å². The molecule has 21 heavy (non-hydrogen) atoms. The Kier molecular flexibility index (Phi) is 4.72. The number of benzene rings is 1. The molecular weight excluding hydrogens is 288 g/mol. The van der Waals surface area contributed by atoms with Gasteiger partial charge in [-0.1, -0.05) is 6.07 Å². The van der Waals surface area contributed by atoms with Crippen LogP contribution in [0.4, 0.5) is 0 Å². The van der Waals surface area contributed by atoms with Crippen LogP contribution in [0.5, 0.6) is 0 Å². The number of aliphatic hydroxyl groups excluding tert-OH is 1. The summed E-state index contributed by atoms with van der Waals surface area (Å²) in [5.41, 5.74) is 2.95. The number of aryl methyl sites for hydroxylation is 1. The van der Waals surface area contributed by atoms with Crippen molar-refractivity contribution in [2.45, 2.75) is 31.9 Å². The van der Waals surface area contributed by atoms with Crippen LogP contribution in [0.25, 0.3) is 0 Å². The molecule has 0 aliphatic rings. The third kappa shape index (κ3) is 3.66. The zero-order chi connectivity index (χ0) is 15.5. The van der Waals surface area contributed by atoms with Crippen LogP contribution >= 0.6 is 0 Å². The van der Waals surface area contributed by atoms with Gasteiger partial charge in [-0.3, -0.25) is 4.98 Å². The maximum atomic E-state index is 12.4. The highest BCUT2D eigenvalue weighted by Crippen LogP contribution is 2.21. The topological polar surface area (TPSA) is 79.3 Å². The van der Waals surface area contributed by atoms with E-state index in [0.29, 0.717) is 11.1 Å². The number of nitrogens with zero attached hydrogens (tertiary/aromatic N) is 1. The van der Waals surface area contributed by atoms with Gasteiger partial charge in [-0.15, -0.1) is 0 Å². The largest absolute Gasteiger partial charge is 0.392 e. The maximum Gasteiger partial charge on any atom is 0.241 e. The Morgan fingerprint density at radius 2 is 1.81 bits per heavy atom. The van der Waals surface area contributed by atoms with E-state index in [4.69, 9.17) is 0 Å². The molecule has 1 heterocycles. The van der Waals surface area contributed by atoms with E-state index in [0.717, 1.165) is 11.1 Å². The summed E-state index contributed by atoms with van der Waals surface area (Å²) >= 11 is 0. The van der Waals surface area contributed by atoms with Crippen molar-refractivity contribution in [2.75, 3.05) is 0 Å². The molecule has 0 saturated heterocycles. The first-order valence-corrected chi connectivity index (χ1v) is 8.02. The van der Waals surface area contributed by atoms with Crippen LogP contribution in [0.15, 0.2) is 41.6 Å². The van der Waals surface area contributed by atoms with E-state index >= 15 is 0 Å². The molecule has 0 saturated carbocycles. The van der Waals surface area contributed by atoms with Gasteiger partial charge in [-0.05, 0) is 54.3 Å². The van der Waals surface area contributed by atoms with Crippen molar-refractivity contribution in [2.24, 2.45) is 0 Å². The molecule has 0 spiro atoms. The summed E-state index contributed by atoms with van der Waals surface area (Å²) in [6, 6.07) is 6.81. The molecule has 0 fully saturated rings. The monoisotopic (exact) mass is 306 g/mol. The number of aliphatic hydroxyl groups is 1. The van der Waals surface area contributed by atoms with E-state index in [2.05, 4.69) is 9.71 Å². The zero-order valence-corrected chi connectivity index (χ0v) is 12.8. The summed E-state index contributed by atoms with van der Waals surface area (Å²) in [5.74, 6) is 0. The third-order valence-electron chi connectivity index (χ3n) is 3.37. The lowest BCUT2D eigenvalue weighted by molar-refractivity contribution is 0.281. The average Bonchev–Trinajstić information content (AvgIpc) is 2.48. The fraction of sp³-hybridized carbons (Fsp3) is 0.267. The second-order valence-electron chi connectivity index (χ2n) is 4.87. The van der Waals surface area contributed by atoms with Gasteiger partial charge in [0.05, 0.1) is 11.5 Å². The first kappa shape index (κ1) is 15.6. The van der Waals surface area contributed by atoms with Gasteiger partial charge in [0.2, 0.25) is 10.0 Å². The summed E-state index contributed by atoms with van der Waals surface area (Å²) < 4.78 is 27.5. The van der Waals surface area contributed by atoms with Gasteiger partial charge in [0.1, 0.15) is 0 Å². The molecule has 112 valence electrons. The number of hydrogen-bond acceptors (Lipinski definition) is 4. The summed E-state index contributed by atoms with van der Waals surface area (Å²) in [5, 5.41) is 9.23. The molecule has 0 amide bonds. The molecule has 5 nitrogen and oxygen atoms in total. The van der Waals surface area contributed by atoms with Crippen LogP contribution in [0.1, 0.15) is 22.3 Å². The van der Waals surface area contributed by atoms with Gasteiger partial charge in [0.15, 0.2) is 0 Å². The molecule has 0 unspecified atom stereocenters. The molecule has 0 bridgehead atoms. The SMILES string of the molecule is Cc1cc(CO)cc(S(=O)(=O)NCc2ccncc2)c1C. The minimum absolute atomic E-state index is 0.187. The molecule has 2 N–H and O–H groups in total. The molecule has 0 atom stereocenters. The quantitative estimate of drug-likeness (QED) is 0.880. The number of pyridine rings is 1. The molecule has 1 aromatic carbocycles. The van der Waals surface area contributed by atoms with Crippen molar-refractivity contribution in [3.05, 3.63) is 58.9 Å². The van der Waals surface area contributed by atoms with Crippen LogP contribution in [-0.2, 0) is 23.2 Å². The highest BCUT2D eigenvalue weighted by atomic mass is 32.2. The van der Waals surface area contributed by atoms with Crippen molar-refractivity contribution in [1.29, 1.82) is 0 Å². The Morgan fingerprint density at radius 1 is 1.14 bits per heavy atom. The van der Waals surface area contributed by atoms with E-state index in [-0.39, 0.29) is 18.0 Å². The molecule has 2 rings (SSSR count). The second kappa shape index (κ2) is 6.34. The summed E-state index contributed by atoms with van der Waals surface area (Å²) in [7, 11) is -3.63. The van der Waals surface area contributed by atoms with E-state index in [9.17, 15) is 13.5 Å². The van der Waals surface area contributed by atoms with Crippen molar-refractivity contribution >= 4 is 10.0 Å². The molecule has 1 aromatic heterocycles. The van der Waals surface area contributed by atoms with Gasteiger partial charge >= 0.3 is 0 Å². The molecule has 0 radical (unpaired) electrons. The minimum Gasteiger partial charge on any atom is -0.392 e. The Morgan fingerprint density at radius 3 is 2.43 bits per heavy atom. The lowest BCUT2D eigenvalue weighted by Gasteiger charge is -2.13. The number of hydrogen-bond donors (Lipinski definition) is 2. The van der Waals surface area contributed by atoms with E-state index in [1.807, 2.05) is 6.92 Å². The normalized spacial score (nSPS) is 11.6. The third-order valence-corrected chi connectivity index (χ3v) is 4.89. The summed E-state index contributed by atoms with van der Waals surface area (Å²) in [6.45, 7) is 3.61. The Hall–Kier alpha value is -1.76. The van der Waals surface area contributed by atoms with Crippen LogP contribution in [0.2, 0.25) is 0 Å². The highest BCUT2D eigenvalue weighted by Gasteiger charge is 2.18. The molecule has 6 heteroatoms. The highest BCUT2D eigenvalue weighted by molar-refractivity contribution is 7.89. The first-order valence-electron chi connectivity index (χ1n) is 6.53. The van der Waals surface area contributed by atoms with Crippen molar-refractivity contribution in [3.63, 3.8) is 0 Å². The van der Waals surface area contributed by atoms with Gasteiger partial charge < -0.3 is 5.11 Å². The number of nitrogens with one attached hydrogen (secondary N) is 1. The average molecular weight is 306 g/mol. The fourth-order valence-corrected chi connectivity index (χ4v) is 3.41. The van der Waals surface area contributed by atoms with Crippen molar-refractivity contribution < 1.29 is 13.5 Å². The summed E-state index contributed by atoms with van der Waals surface area (Å²) in [6.07, 6.45) is 3.23. The summed E-state index contributed by atoms with van der Waals surface area (Å²) in [4.78, 5) is 4.10. The van der Waals surface area contributed by atoms with Gasteiger partial charge in [-0.2, -0.15) is 0 Å². The minimum atomic E-state index is -3.63. The van der Waals surface area contributed by atoms with E-state index in [1.54, 1.807) is 37.5 Å². The molecule has 0 aliphatic heterocycles.